The summed E-state index contributed by atoms with van der Waals surface area (Å²) in [5, 5.41) is 14.2. The fourth-order valence-electron chi connectivity index (χ4n) is 3.29. The molecule has 1 heterocycles. The monoisotopic (exact) mass is 417 g/mol. The molecule has 6 nitrogen and oxygen atoms in total. The van der Waals surface area contributed by atoms with Crippen LogP contribution in [0.4, 0.5) is 5.69 Å². The lowest BCUT2D eigenvalue weighted by Crippen LogP contribution is -2.17. The van der Waals surface area contributed by atoms with Gasteiger partial charge < -0.3 is 11.2 Å². The third-order valence-corrected chi connectivity index (χ3v) is 5.89. The number of nitrogen functional groups attached to an aromatic ring is 1. The number of carbonyl (C=O) groups excluding carboxylic acids is 1. The van der Waals surface area contributed by atoms with Crippen LogP contribution in [0.1, 0.15) is 23.9 Å². The second kappa shape index (κ2) is 9.00. The highest BCUT2D eigenvalue weighted by atomic mass is 32.2. The molecule has 1 aromatic heterocycles. The highest BCUT2D eigenvalue weighted by Gasteiger charge is 2.14. The quantitative estimate of drug-likeness (QED) is 0.350. The standard InChI is InChI=1S/C23H23N5OS/c1-2-16-10-12-19(13-11-16)25-22(29)15-30-23-27-26-21(28(23)24)14-18-8-5-7-17-6-3-4-9-20(17)18/h3-13H,2,14-15,24H2,1H3,(H,25,29). The van der Waals surface area contributed by atoms with Crippen LogP contribution in [0.5, 0.6) is 0 Å². The highest BCUT2D eigenvalue weighted by Crippen LogP contribution is 2.22. The molecule has 7 heteroatoms. The third kappa shape index (κ3) is 4.46. The molecule has 0 atom stereocenters. The SMILES string of the molecule is CCc1ccc(NC(=O)CSc2nnc(Cc3cccc4ccccc34)n2N)cc1. The molecule has 0 fully saturated rings. The first-order valence-corrected chi connectivity index (χ1v) is 10.8. The molecule has 4 rings (SSSR count). The summed E-state index contributed by atoms with van der Waals surface area (Å²) < 4.78 is 1.47. The smallest absolute Gasteiger partial charge is 0.234 e. The maximum Gasteiger partial charge on any atom is 0.234 e. The van der Waals surface area contributed by atoms with E-state index in [1.807, 2.05) is 42.5 Å². The Morgan fingerprint density at radius 3 is 2.60 bits per heavy atom. The molecular formula is C23H23N5OS. The molecule has 0 saturated heterocycles. The molecule has 0 unspecified atom stereocenters. The van der Waals surface area contributed by atoms with Crippen molar-refractivity contribution >= 4 is 34.1 Å². The minimum Gasteiger partial charge on any atom is -0.336 e. The van der Waals surface area contributed by atoms with Crippen molar-refractivity contribution in [2.24, 2.45) is 0 Å². The van der Waals surface area contributed by atoms with Crippen LogP contribution < -0.4 is 11.2 Å². The fraction of sp³-hybridized carbons (Fsp3) is 0.174. The van der Waals surface area contributed by atoms with Gasteiger partial charge in [0.25, 0.3) is 0 Å². The fourth-order valence-corrected chi connectivity index (χ4v) is 3.97. The Hall–Kier alpha value is -3.32. The van der Waals surface area contributed by atoms with E-state index in [9.17, 15) is 4.79 Å². The first-order chi connectivity index (χ1) is 14.6. The molecule has 3 aromatic carbocycles. The number of rotatable bonds is 7. The van der Waals surface area contributed by atoms with E-state index in [1.54, 1.807) is 0 Å². The first kappa shape index (κ1) is 20.0. The Balaban J connectivity index is 1.40. The van der Waals surface area contributed by atoms with Gasteiger partial charge in [0, 0.05) is 12.1 Å². The van der Waals surface area contributed by atoms with Gasteiger partial charge in [0.2, 0.25) is 11.1 Å². The summed E-state index contributed by atoms with van der Waals surface area (Å²) in [4.78, 5) is 12.3. The number of aromatic nitrogens is 3. The maximum atomic E-state index is 12.3. The Labute approximate surface area is 179 Å². The third-order valence-electron chi connectivity index (χ3n) is 4.94. The van der Waals surface area contributed by atoms with E-state index in [-0.39, 0.29) is 11.7 Å². The van der Waals surface area contributed by atoms with Crippen LogP contribution in [0.15, 0.2) is 71.9 Å². The minimum absolute atomic E-state index is 0.108. The number of thioether (sulfide) groups is 1. The van der Waals surface area contributed by atoms with Gasteiger partial charge in [-0.1, -0.05) is 73.3 Å². The summed E-state index contributed by atoms with van der Waals surface area (Å²) in [6.45, 7) is 2.10. The average molecular weight is 418 g/mol. The van der Waals surface area contributed by atoms with Gasteiger partial charge in [-0.25, -0.2) is 4.68 Å². The predicted molar refractivity (Wildman–Crippen MR) is 122 cm³/mol. The number of nitrogens with two attached hydrogens (primary N) is 1. The number of anilines is 1. The van der Waals surface area contributed by atoms with Crippen molar-refractivity contribution < 1.29 is 4.79 Å². The zero-order valence-electron chi connectivity index (χ0n) is 16.7. The maximum absolute atomic E-state index is 12.3. The zero-order valence-corrected chi connectivity index (χ0v) is 17.5. The lowest BCUT2D eigenvalue weighted by atomic mass is 10.0. The van der Waals surface area contributed by atoms with Crippen molar-refractivity contribution in [1.82, 2.24) is 14.9 Å². The summed E-state index contributed by atoms with van der Waals surface area (Å²) in [5.74, 6) is 6.96. The number of nitrogens with one attached hydrogen (secondary N) is 1. The number of hydrogen-bond donors (Lipinski definition) is 2. The van der Waals surface area contributed by atoms with Crippen LogP contribution in [0.2, 0.25) is 0 Å². The van der Waals surface area contributed by atoms with Gasteiger partial charge in [0.05, 0.1) is 5.75 Å². The van der Waals surface area contributed by atoms with E-state index in [2.05, 4.69) is 46.7 Å². The number of fused-ring (bicyclic) bond motifs is 1. The van der Waals surface area contributed by atoms with Gasteiger partial charge in [-0.15, -0.1) is 10.2 Å². The normalized spacial score (nSPS) is 11.0. The molecule has 0 radical (unpaired) electrons. The number of carbonyl (C=O) groups is 1. The van der Waals surface area contributed by atoms with Crippen LogP contribution in [0.3, 0.4) is 0 Å². The molecule has 0 aliphatic heterocycles. The van der Waals surface area contributed by atoms with Crippen LogP contribution in [-0.2, 0) is 17.6 Å². The van der Waals surface area contributed by atoms with Crippen molar-refractivity contribution in [3.8, 4) is 0 Å². The lowest BCUT2D eigenvalue weighted by molar-refractivity contribution is -0.113. The molecule has 0 spiro atoms. The molecule has 0 saturated carbocycles. The molecular weight excluding hydrogens is 394 g/mol. The van der Waals surface area contributed by atoms with Crippen LogP contribution in [-0.4, -0.2) is 26.5 Å². The van der Waals surface area contributed by atoms with Crippen molar-refractivity contribution in [2.75, 3.05) is 16.9 Å². The van der Waals surface area contributed by atoms with Gasteiger partial charge in [0.15, 0.2) is 5.82 Å². The van der Waals surface area contributed by atoms with Crippen molar-refractivity contribution in [2.45, 2.75) is 24.9 Å². The Kier molecular flexibility index (Phi) is 5.99. The summed E-state index contributed by atoms with van der Waals surface area (Å²) in [6.07, 6.45) is 1.54. The van der Waals surface area contributed by atoms with E-state index in [4.69, 9.17) is 5.84 Å². The summed E-state index contributed by atoms with van der Waals surface area (Å²) in [6, 6.07) is 22.3. The van der Waals surface area contributed by atoms with Gasteiger partial charge in [-0.3, -0.25) is 4.79 Å². The highest BCUT2D eigenvalue weighted by molar-refractivity contribution is 7.99. The average Bonchev–Trinajstić information content (AvgIpc) is 3.12. The van der Waals surface area contributed by atoms with Crippen LogP contribution in [0.25, 0.3) is 10.8 Å². The van der Waals surface area contributed by atoms with Crippen LogP contribution >= 0.6 is 11.8 Å². The number of benzene rings is 3. The number of nitrogens with zero attached hydrogens (tertiary/aromatic N) is 3. The second-order valence-electron chi connectivity index (χ2n) is 6.97. The van der Waals surface area contributed by atoms with Crippen molar-refractivity contribution in [1.29, 1.82) is 0 Å². The van der Waals surface area contributed by atoms with Gasteiger partial charge >= 0.3 is 0 Å². The van der Waals surface area contributed by atoms with Gasteiger partial charge in [-0.05, 0) is 40.5 Å². The van der Waals surface area contributed by atoms with E-state index >= 15 is 0 Å². The molecule has 0 aliphatic rings. The first-order valence-electron chi connectivity index (χ1n) is 9.81. The van der Waals surface area contributed by atoms with Gasteiger partial charge in [-0.2, -0.15) is 0 Å². The lowest BCUT2D eigenvalue weighted by Gasteiger charge is -2.07. The zero-order chi connectivity index (χ0) is 20.9. The summed E-state index contributed by atoms with van der Waals surface area (Å²) >= 11 is 1.27. The topological polar surface area (TPSA) is 85.8 Å². The number of hydrogen-bond acceptors (Lipinski definition) is 5. The molecule has 1 amide bonds. The second-order valence-corrected chi connectivity index (χ2v) is 7.91. The molecule has 152 valence electrons. The Morgan fingerprint density at radius 2 is 1.80 bits per heavy atom. The van der Waals surface area contributed by atoms with Crippen LogP contribution in [0, 0.1) is 0 Å². The van der Waals surface area contributed by atoms with E-state index in [1.165, 1.54) is 32.8 Å². The number of amides is 1. The molecule has 4 aromatic rings. The molecule has 30 heavy (non-hydrogen) atoms. The summed E-state index contributed by atoms with van der Waals surface area (Å²) in [5.41, 5.74) is 3.15. The molecule has 3 N–H and O–H groups in total. The predicted octanol–water partition coefficient (Wildman–Crippen LogP) is 4.03. The largest absolute Gasteiger partial charge is 0.336 e. The Morgan fingerprint density at radius 1 is 1.03 bits per heavy atom. The van der Waals surface area contributed by atoms with Crippen molar-refractivity contribution in [3.05, 3.63) is 83.7 Å². The minimum atomic E-state index is -0.108. The van der Waals surface area contributed by atoms with E-state index < -0.39 is 0 Å². The van der Waals surface area contributed by atoms with Gasteiger partial charge in [0.1, 0.15) is 0 Å². The van der Waals surface area contributed by atoms with E-state index in [0.717, 1.165) is 17.7 Å². The Bertz CT molecular complexity index is 1160. The number of aryl methyl sites for hydroxylation is 1. The van der Waals surface area contributed by atoms with E-state index in [0.29, 0.717) is 17.4 Å². The molecule has 0 bridgehead atoms. The van der Waals surface area contributed by atoms with Crippen molar-refractivity contribution in [3.63, 3.8) is 0 Å². The summed E-state index contributed by atoms with van der Waals surface area (Å²) in [7, 11) is 0. The molecule has 0 aliphatic carbocycles.